The zero-order valence-corrected chi connectivity index (χ0v) is 11.8. The number of carbonyl (C=O) groups excluding carboxylic acids is 1. The second-order valence-electron chi connectivity index (χ2n) is 3.99. The van der Waals surface area contributed by atoms with Crippen LogP contribution in [0.15, 0.2) is 22.7 Å². The molecule has 106 valence electrons. The van der Waals surface area contributed by atoms with Crippen LogP contribution in [-0.4, -0.2) is 23.6 Å². The molecule has 0 aliphatic carbocycles. The van der Waals surface area contributed by atoms with E-state index in [2.05, 4.69) is 20.7 Å². The van der Waals surface area contributed by atoms with Crippen LogP contribution < -0.4 is 0 Å². The minimum atomic E-state index is -4.27. The van der Waals surface area contributed by atoms with E-state index in [1.165, 1.54) is 13.0 Å². The summed E-state index contributed by atoms with van der Waals surface area (Å²) in [5.74, 6) is -7.22. The van der Waals surface area contributed by atoms with Crippen LogP contribution in [0.25, 0.3) is 0 Å². The van der Waals surface area contributed by atoms with Gasteiger partial charge in [0.2, 0.25) is 0 Å². The monoisotopic (exact) mass is 340 g/mol. The second-order valence-corrected chi connectivity index (χ2v) is 4.91. The highest BCUT2D eigenvalue weighted by atomic mass is 79.9. The lowest BCUT2D eigenvalue weighted by atomic mass is 9.88. The molecule has 0 aliphatic rings. The summed E-state index contributed by atoms with van der Waals surface area (Å²) >= 11 is 2.98. The van der Waals surface area contributed by atoms with Crippen molar-refractivity contribution in [3.8, 4) is 0 Å². The highest BCUT2D eigenvalue weighted by Gasteiger charge is 2.58. The summed E-state index contributed by atoms with van der Waals surface area (Å²) in [6.45, 7) is 1.74. The molecule has 7 heteroatoms. The fourth-order valence-corrected chi connectivity index (χ4v) is 1.82. The maximum Gasteiger partial charge on any atom is 0.380 e. The van der Waals surface area contributed by atoms with Crippen LogP contribution in [-0.2, 0) is 15.1 Å². The Kier molecular flexibility index (Phi) is 4.63. The van der Waals surface area contributed by atoms with E-state index >= 15 is 0 Å². The van der Waals surface area contributed by atoms with Crippen molar-refractivity contribution in [1.82, 2.24) is 0 Å². The van der Waals surface area contributed by atoms with E-state index < -0.39 is 28.9 Å². The van der Waals surface area contributed by atoms with E-state index in [0.717, 1.165) is 12.1 Å². The first-order valence-electron chi connectivity index (χ1n) is 5.37. The highest BCUT2D eigenvalue weighted by Crippen LogP contribution is 2.40. The van der Waals surface area contributed by atoms with Crippen molar-refractivity contribution in [2.75, 3.05) is 6.61 Å². The molecule has 0 aliphatic heterocycles. The Hall–Kier alpha value is -1.08. The molecule has 0 bridgehead atoms. The minimum Gasteiger partial charge on any atom is -0.461 e. The van der Waals surface area contributed by atoms with Crippen molar-refractivity contribution in [2.24, 2.45) is 0 Å². The predicted octanol–water partition coefficient (Wildman–Crippen LogP) is 2.99. The highest BCUT2D eigenvalue weighted by molar-refractivity contribution is 9.10. The van der Waals surface area contributed by atoms with Crippen molar-refractivity contribution < 1.29 is 27.8 Å². The first-order chi connectivity index (χ1) is 8.64. The summed E-state index contributed by atoms with van der Waals surface area (Å²) in [7, 11) is 0. The van der Waals surface area contributed by atoms with E-state index in [9.17, 15) is 23.1 Å². The molecule has 0 amide bonds. The summed E-state index contributed by atoms with van der Waals surface area (Å²) in [6, 6.07) is 3.19. The summed E-state index contributed by atoms with van der Waals surface area (Å²) in [4.78, 5) is 11.2. The van der Waals surface area contributed by atoms with Gasteiger partial charge in [-0.3, -0.25) is 0 Å². The molecule has 0 aromatic heterocycles. The molecule has 0 fully saturated rings. The van der Waals surface area contributed by atoms with Gasteiger partial charge in [0.1, 0.15) is 5.82 Å². The molecule has 1 rings (SSSR count). The molecular weight excluding hydrogens is 329 g/mol. The summed E-state index contributed by atoms with van der Waals surface area (Å²) in [5.41, 5.74) is -3.72. The van der Waals surface area contributed by atoms with Gasteiger partial charge in [0.15, 0.2) is 5.60 Å². The van der Waals surface area contributed by atoms with Crippen LogP contribution in [0.3, 0.4) is 0 Å². The Morgan fingerprint density at radius 2 is 2.05 bits per heavy atom. The van der Waals surface area contributed by atoms with Gasteiger partial charge in [-0.15, -0.1) is 0 Å². The van der Waals surface area contributed by atoms with Gasteiger partial charge in [-0.2, -0.15) is 8.78 Å². The smallest absolute Gasteiger partial charge is 0.380 e. The van der Waals surface area contributed by atoms with Gasteiger partial charge in [0, 0.05) is 10.0 Å². The number of esters is 1. The molecular formula is C12H12BrF3O3. The largest absolute Gasteiger partial charge is 0.461 e. The average Bonchev–Trinajstić information content (AvgIpc) is 2.32. The van der Waals surface area contributed by atoms with E-state index in [4.69, 9.17) is 0 Å². The van der Waals surface area contributed by atoms with E-state index in [0.29, 0.717) is 11.4 Å². The SMILES string of the molecule is CCOC(=O)C(F)(F)C(C)(O)c1cc(Br)ccc1F. The lowest BCUT2D eigenvalue weighted by Gasteiger charge is -2.31. The Labute approximate surface area is 116 Å². The maximum absolute atomic E-state index is 13.9. The lowest BCUT2D eigenvalue weighted by molar-refractivity contribution is -0.213. The molecule has 1 aromatic carbocycles. The van der Waals surface area contributed by atoms with Gasteiger partial charge >= 0.3 is 11.9 Å². The molecule has 0 heterocycles. The number of carbonyl (C=O) groups is 1. The van der Waals surface area contributed by atoms with Crippen molar-refractivity contribution in [1.29, 1.82) is 0 Å². The molecule has 0 saturated heterocycles. The van der Waals surface area contributed by atoms with Crippen molar-refractivity contribution >= 4 is 21.9 Å². The van der Waals surface area contributed by atoms with Gasteiger partial charge in [-0.25, -0.2) is 9.18 Å². The number of hydrogen-bond donors (Lipinski definition) is 1. The second kappa shape index (κ2) is 5.50. The fraction of sp³-hybridized carbons (Fsp3) is 0.417. The summed E-state index contributed by atoms with van der Waals surface area (Å²) < 4.78 is 45.8. The molecule has 0 saturated carbocycles. The fourth-order valence-electron chi connectivity index (χ4n) is 1.46. The number of aliphatic hydroxyl groups is 1. The minimum absolute atomic E-state index is 0.272. The molecule has 1 aromatic rings. The third-order valence-electron chi connectivity index (χ3n) is 2.60. The zero-order chi connectivity index (χ0) is 14.8. The number of hydrogen-bond acceptors (Lipinski definition) is 3. The van der Waals surface area contributed by atoms with Crippen LogP contribution in [0.4, 0.5) is 13.2 Å². The molecule has 19 heavy (non-hydrogen) atoms. The third-order valence-corrected chi connectivity index (χ3v) is 3.09. The van der Waals surface area contributed by atoms with Gasteiger partial charge in [-0.05, 0) is 32.0 Å². The maximum atomic E-state index is 13.9. The van der Waals surface area contributed by atoms with E-state index in [1.807, 2.05) is 0 Å². The van der Waals surface area contributed by atoms with E-state index in [-0.39, 0.29) is 6.61 Å². The van der Waals surface area contributed by atoms with Crippen molar-refractivity contribution in [3.05, 3.63) is 34.1 Å². The molecule has 1 N–H and O–H groups in total. The Morgan fingerprint density at radius 1 is 1.47 bits per heavy atom. The molecule has 0 radical (unpaired) electrons. The standard InChI is InChI=1S/C12H12BrF3O3/c1-3-19-10(17)12(15,16)11(2,18)8-6-7(13)4-5-9(8)14/h4-6,18H,3H2,1-2H3. The normalized spacial score (nSPS) is 14.9. The van der Waals surface area contributed by atoms with Crippen LogP contribution in [0.5, 0.6) is 0 Å². The van der Waals surface area contributed by atoms with Crippen LogP contribution >= 0.6 is 15.9 Å². The zero-order valence-electron chi connectivity index (χ0n) is 10.2. The van der Waals surface area contributed by atoms with Crippen molar-refractivity contribution in [2.45, 2.75) is 25.4 Å². The number of ether oxygens (including phenoxy) is 1. The quantitative estimate of drug-likeness (QED) is 0.857. The van der Waals surface area contributed by atoms with Crippen molar-refractivity contribution in [3.63, 3.8) is 0 Å². The van der Waals surface area contributed by atoms with E-state index in [1.54, 1.807) is 0 Å². The van der Waals surface area contributed by atoms with Gasteiger partial charge in [0.05, 0.1) is 6.61 Å². The third kappa shape index (κ3) is 2.92. The Bertz CT molecular complexity index is 489. The number of rotatable bonds is 4. The molecule has 3 nitrogen and oxygen atoms in total. The van der Waals surface area contributed by atoms with Crippen LogP contribution in [0.2, 0.25) is 0 Å². The van der Waals surface area contributed by atoms with Gasteiger partial charge in [0.25, 0.3) is 0 Å². The van der Waals surface area contributed by atoms with Gasteiger partial charge in [-0.1, -0.05) is 15.9 Å². The molecule has 1 atom stereocenters. The first-order valence-corrected chi connectivity index (χ1v) is 6.16. The molecule has 0 spiro atoms. The summed E-state index contributed by atoms with van der Waals surface area (Å²) in [5, 5.41) is 9.90. The lowest BCUT2D eigenvalue weighted by Crippen LogP contribution is -2.50. The first kappa shape index (κ1) is 16.0. The predicted molar refractivity (Wildman–Crippen MR) is 65.3 cm³/mol. The number of alkyl halides is 2. The van der Waals surface area contributed by atoms with Gasteiger partial charge < -0.3 is 9.84 Å². The Balaban J connectivity index is 3.29. The number of benzene rings is 1. The Morgan fingerprint density at radius 3 is 2.58 bits per heavy atom. The van der Waals surface area contributed by atoms with Crippen LogP contribution in [0.1, 0.15) is 19.4 Å². The topological polar surface area (TPSA) is 46.5 Å². The summed E-state index contributed by atoms with van der Waals surface area (Å²) in [6.07, 6.45) is 0. The average molecular weight is 341 g/mol. The molecule has 1 unspecified atom stereocenters. The van der Waals surface area contributed by atoms with Crippen LogP contribution in [0, 0.1) is 5.82 Å². The number of halogens is 4.